The number of methoxy groups -OCH3 is 1. The van der Waals surface area contributed by atoms with Gasteiger partial charge < -0.3 is 29.6 Å². The molecule has 2 aromatic heterocycles. The summed E-state index contributed by atoms with van der Waals surface area (Å²) in [6.45, 7) is 4.84. The second-order valence-electron chi connectivity index (χ2n) is 15.3. The molecule has 3 aromatic carbocycles. The van der Waals surface area contributed by atoms with Gasteiger partial charge in [-0.05, 0) is 103 Å². The largest absolute Gasteiger partial charge is 0.481 e. The predicted octanol–water partition coefficient (Wildman–Crippen LogP) is 7.49. The molecule has 4 aliphatic rings. The lowest BCUT2D eigenvalue weighted by molar-refractivity contribution is -0.119. The van der Waals surface area contributed by atoms with Crippen molar-refractivity contribution in [3.05, 3.63) is 98.6 Å². The van der Waals surface area contributed by atoms with Gasteiger partial charge in [0.25, 0.3) is 0 Å². The highest BCUT2D eigenvalue weighted by atomic mass is 35.5. The van der Waals surface area contributed by atoms with Gasteiger partial charge in [-0.25, -0.2) is 0 Å². The van der Waals surface area contributed by atoms with E-state index in [0.29, 0.717) is 54.0 Å². The van der Waals surface area contributed by atoms with Crippen molar-refractivity contribution in [3.63, 3.8) is 0 Å². The van der Waals surface area contributed by atoms with Crippen molar-refractivity contribution in [3.8, 4) is 40.3 Å². The van der Waals surface area contributed by atoms with E-state index in [1.807, 2.05) is 6.07 Å². The number of furan rings is 1. The van der Waals surface area contributed by atoms with Gasteiger partial charge in [0.15, 0.2) is 5.58 Å². The van der Waals surface area contributed by atoms with Gasteiger partial charge in [0.1, 0.15) is 23.0 Å². The predicted molar refractivity (Wildman–Crippen MR) is 210 cm³/mol. The van der Waals surface area contributed by atoms with E-state index in [9.17, 15) is 15.2 Å². The van der Waals surface area contributed by atoms with E-state index in [1.165, 1.54) is 11.1 Å². The molecule has 5 aromatic rings. The summed E-state index contributed by atoms with van der Waals surface area (Å²) in [7, 11) is 1.59. The first-order chi connectivity index (χ1) is 26.8. The first kappa shape index (κ1) is 35.8. The van der Waals surface area contributed by atoms with E-state index in [-0.39, 0.29) is 30.2 Å². The van der Waals surface area contributed by atoms with Crippen molar-refractivity contribution in [1.29, 1.82) is 5.26 Å². The first-order valence-electron chi connectivity index (χ1n) is 19.3. The number of nitrogens with zero attached hydrogens (tertiary/aromatic N) is 3. The average Bonchev–Trinajstić information content (AvgIpc) is 4.03. The van der Waals surface area contributed by atoms with E-state index in [0.717, 1.165) is 95.2 Å². The maximum absolute atomic E-state index is 11.6. The van der Waals surface area contributed by atoms with Crippen LogP contribution in [-0.2, 0) is 24.2 Å². The van der Waals surface area contributed by atoms with E-state index < -0.39 is 0 Å². The monoisotopic (exact) mass is 757 g/mol. The molecule has 55 heavy (non-hydrogen) atoms. The Bertz CT molecular complexity index is 2370. The number of nitriles is 1. The van der Waals surface area contributed by atoms with Gasteiger partial charge >= 0.3 is 0 Å². The van der Waals surface area contributed by atoms with Gasteiger partial charge in [-0.3, -0.25) is 9.69 Å². The number of halogens is 1. The van der Waals surface area contributed by atoms with Crippen LogP contribution in [0.2, 0.25) is 5.02 Å². The summed E-state index contributed by atoms with van der Waals surface area (Å²) in [5.74, 6) is 1.62. The Morgan fingerprint density at radius 1 is 1.02 bits per heavy atom. The minimum absolute atomic E-state index is 0.0933. The lowest BCUT2D eigenvalue weighted by Crippen LogP contribution is -2.35. The molecule has 10 nitrogen and oxygen atoms in total. The number of benzene rings is 3. The molecule has 2 aliphatic carbocycles. The molecule has 0 spiro atoms. The number of likely N-dealkylation sites (tertiary alicyclic amines) is 1. The van der Waals surface area contributed by atoms with Gasteiger partial charge in [0.05, 0.1) is 18.8 Å². The van der Waals surface area contributed by atoms with Crippen LogP contribution >= 0.6 is 11.6 Å². The number of carbonyl (C=O) groups is 1. The SMILES string of the molecule is COc1nc(O[C@H]2CCc3c(-c4cccc(-c5cc6cc7c(c(C#N)c6o5)CC[C@H]7N5CC[C@@H](O)C5)c4C)cccc32)c(Cl)cc1CNC[C@H]1CCC(=O)N1. The summed E-state index contributed by atoms with van der Waals surface area (Å²) in [6, 6.07) is 21.7. The minimum Gasteiger partial charge on any atom is -0.481 e. The molecular formula is C44H44ClN5O5. The van der Waals surface area contributed by atoms with Crippen molar-refractivity contribution >= 4 is 28.5 Å². The normalized spacial score (nSPS) is 21.8. The lowest BCUT2D eigenvalue weighted by Gasteiger charge is -2.24. The number of aromatic nitrogens is 1. The Morgan fingerprint density at radius 3 is 2.62 bits per heavy atom. The summed E-state index contributed by atoms with van der Waals surface area (Å²) >= 11 is 6.77. The van der Waals surface area contributed by atoms with Crippen molar-refractivity contribution < 1.29 is 23.8 Å². The number of nitrogens with one attached hydrogen (secondary N) is 2. The van der Waals surface area contributed by atoms with Crippen LogP contribution in [0.15, 0.2) is 59.0 Å². The molecule has 3 N–H and O–H groups in total. The maximum Gasteiger partial charge on any atom is 0.236 e. The summed E-state index contributed by atoms with van der Waals surface area (Å²) in [4.78, 5) is 18.6. The second-order valence-corrected chi connectivity index (χ2v) is 15.7. The highest BCUT2D eigenvalue weighted by Crippen LogP contribution is 2.46. The van der Waals surface area contributed by atoms with Crippen LogP contribution < -0.4 is 20.1 Å². The van der Waals surface area contributed by atoms with Crippen molar-refractivity contribution in [2.75, 3.05) is 26.7 Å². The molecule has 4 atom stereocenters. The number of pyridine rings is 1. The van der Waals surface area contributed by atoms with Crippen molar-refractivity contribution in [2.45, 2.75) is 82.7 Å². The standard InChI is InChI=1S/C44H44ClN5O5/c1-24-29(5-3-6-30(24)40-19-25-17-35-33(36(20-46)42(25)54-40)10-12-38(35)50-16-15-28(51)23-50)31-7-4-8-34-32(31)11-13-39(34)55-44-37(45)18-26(43(49-44)53-2)21-47-22-27-9-14-41(52)48-27/h3-8,17-19,27-28,38-39,47,51H,9-16,21-23H2,1-2H3,(H,48,52)/t27-,28-,38-,39+/m1/s1. The molecule has 0 saturated carbocycles. The average molecular weight is 758 g/mol. The number of β-amino-alcohol motifs (C(OH)–C–C–N with tert-alkyl or cyclic N) is 1. The van der Waals surface area contributed by atoms with E-state index in [4.69, 9.17) is 25.5 Å². The van der Waals surface area contributed by atoms with Crippen molar-refractivity contribution in [2.24, 2.45) is 0 Å². The zero-order chi connectivity index (χ0) is 37.8. The third kappa shape index (κ3) is 6.53. The summed E-state index contributed by atoms with van der Waals surface area (Å²) in [5, 5.41) is 28.3. The Kier molecular flexibility index (Phi) is 9.51. The highest BCUT2D eigenvalue weighted by Gasteiger charge is 2.35. The minimum atomic E-state index is -0.284. The quantitative estimate of drug-likeness (QED) is 0.133. The zero-order valence-corrected chi connectivity index (χ0v) is 31.8. The molecule has 1 amide bonds. The van der Waals surface area contributed by atoms with Gasteiger partial charge in [0, 0.05) is 61.2 Å². The number of ether oxygens (including phenoxy) is 2. The molecular weight excluding hydrogens is 714 g/mol. The smallest absolute Gasteiger partial charge is 0.236 e. The summed E-state index contributed by atoms with van der Waals surface area (Å²) in [5.41, 5.74) is 11.1. The van der Waals surface area contributed by atoms with Gasteiger partial charge in [0.2, 0.25) is 17.7 Å². The van der Waals surface area contributed by atoms with Crippen LogP contribution in [0.3, 0.4) is 0 Å². The first-order valence-corrected chi connectivity index (χ1v) is 19.7. The van der Waals surface area contributed by atoms with E-state index >= 15 is 0 Å². The molecule has 282 valence electrons. The van der Waals surface area contributed by atoms with Crippen LogP contribution in [0, 0.1) is 18.3 Å². The Hall–Kier alpha value is -4.92. The Morgan fingerprint density at radius 2 is 1.84 bits per heavy atom. The van der Waals surface area contributed by atoms with Crippen LogP contribution in [-0.4, -0.2) is 59.8 Å². The van der Waals surface area contributed by atoms with Gasteiger partial charge in [-0.2, -0.15) is 10.2 Å². The molecule has 0 bridgehead atoms. The van der Waals surface area contributed by atoms with Crippen LogP contribution in [0.25, 0.3) is 33.4 Å². The fraction of sp³-hybridized carbons (Fsp3) is 0.386. The number of hydrogen-bond donors (Lipinski definition) is 3. The molecule has 0 unspecified atom stereocenters. The van der Waals surface area contributed by atoms with Gasteiger partial charge in [-0.15, -0.1) is 0 Å². The number of rotatable bonds is 10. The van der Waals surface area contributed by atoms with Crippen LogP contribution in [0.4, 0.5) is 0 Å². The summed E-state index contributed by atoms with van der Waals surface area (Å²) in [6.07, 6.45) is 5.08. The fourth-order valence-corrected chi connectivity index (χ4v) is 9.56. The molecule has 2 saturated heterocycles. The summed E-state index contributed by atoms with van der Waals surface area (Å²) < 4.78 is 18.7. The molecule has 9 rings (SSSR count). The third-order valence-electron chi connectivity index (χ3n) is 12.0. The van der Waals surface area contributed by atoms with Crippen molar-refractivity contribution in [1.82, 2.24) is 20.5 Å². The maximum atomic E-state index is 11.6. The lowest BCUT2D eigenvalue weighted by atomic mass is 9.91. The Balaban J connectivity index is 0.972. The number of carbonyl (C=O) groups excluding carboxylic acids is 1. The number of aliphatic hydroxyl groups is 1. The molecule has 4 heterocycles. The topological polar surface area (TPSA) is 133 Å². The zero-order valence-electron chi connectivity index (χ0n) is 31.1. The Labute approximate surface area is 325 Å². The number of hydrogen-bond acceptors (Lipinski definition) is 9. The molecule has 2 fully saturated rings. The van der Waals surface area contributed by atoms with Gasteiger partial charge in [-0.1, -0.05) is 48.0 Å². The third-order valence-corrected chi connectivity index (χ3v) is 12.3. The second kappa shape index (κ2) is 14.6. The van der Waals surface area contributed by atoms with E-state index in [2.05, 4.69) is 82.0 Å². The van der Waals surface area contributed by atoms with E-state index in [1.54, 1.807) is 7.11 Å². The van der Waals surface area contributed by atoms with Crippen LogP contribution in [0.5, 0.6) is 11.8 Å². The molecule has 2 aliphatic heterocycles. The molecule has 0 radical (unpaired) electrons. The number of fused-ring (bicyclic) bond motifs is 3. The van der Waals surface area contributed by atoms with Crippen LogP contribution in [0.1, 0.15) is 83.2 Å². The number of amides is 1. The highest BCUT2D eigenvalue weighted by molar-refractivity contribution is 6.31. The number of aliphatic hydroxyl groups excluding tert-OH is 1. The fourth-order valence-electron chi connectivity index (χ4n) is 9.34. The molecule has 11 heteroatoms.